The first kappa shape index (κ1) is 19.9. The van der Waals surface area contributed by atoms with Gasteiger partial charge >= 0.3 is 0 Å². The fourth-order valence-electron chi connectivity index (χ4n) is 3.52. The minimum Gasteiger partial charge on any atom is -0.396 e. The summed E-state index contributed by atoms with van der Waals surface area (Å²) >= 11 is 6.23. The molecule has 2 aromatic rings. The summed E-state index contributed by atoms with van der Waals surface area (Å²) in [7, 11) is 0. The van der Waals surface area contributed by atoms with Gasteiger partial charge in [0, 0.05) is 30.8 Å². The number of aromatic nitrogens is 2. The molecule has 6 nitrogen and oxygen atoms in total. The van der Waals surface area contributed by atoms with Crippen molar-refractivity contribution < 1.29 is 15.0 Å². The topological polar surface area (TPSA) is 98.2 Å². The van der Waals surface area contributed by atoms with Crippen LogP contribution in [0.1, 0.15) is 54.6 Å². The van der Waals surface area contributed by atoms with Crippen LogP contribution in [0.4, 0.5) is 0 Å². The Bertz CT molecular complexity index is 783. The van der Waals surface area contributed by atoms with Gasteiger partial charge in [-0.3, -0.25) is 9.89 Å². The first-order valence-corrected chi connectivity index (χ1v) is 9.84. The maximum absolute atomic E-state index is 12.7. The van der Waals surface area contributed by atoms with Crippen molar-refractivity contribution in [2.75, 3.05) is 13.2 Å². The monoisotopic (exact) mass is 391 g/mol. The molecule has 1 saturated carbocycles. The van der Waals surface area contributed by atoms with Crippen molar-refractivity contribution >= 4 is 17.5 Å². The lowest BCUT2D eigenvalue weighted by Crippen LogP contribution is -2.42. The molecule has 0 unspecified atom stereocenters. The minimum atomic E-state index is -0.836. The Morgan fingerprint density at radius 1 is 1.22 bits per heavy atom. The van der Waals surface area contributed by atoms with E-state index in [0.717, 1.165) is 36.9 Å². The standard InChI is InChI=1S/C20H26ClN3O3/c21-17-6-5-14(18-12-15(7-10-25)23-24-18)11-16(17)19(26)22-13-20(27)8-3-1-2-4-9-20/h5-6,11-12,25,27H,1-4,7-10,13H2,(H,22,26)(H,23,24). The number of nitrogens with one attached hydrogen (secondary N) is 2. The van der Waals surface area contributed by atoms with Gasteiger partial charge in [0.25, 0.3) is 5.91 Å². The van der Waals surface area contributed by atoms with Crippen LogP contribution in [0.15, 0.2) is 24.3 Å². The van der Waals surface area contributed by atoms with Crippen LogP contribution < -0.4 is 5.32 Å². The number of aliphatic hydroxyl groups excluding tert-OH is 1. The molecule has 7 heteroatoms. The number of benzene rings is 1. The van der Waals surface area contributed by atoms with Crippen LogP contribution in [0.5, 0.6) is 0 Å². The van der Waals surface area contributed by atoms with Gasteiger partial charge in [0.2, 0.25) is 0 Å². The lowest BCUT2D eigenvalue weighted by Gasteiger charge is -2.26. The molecular formula is C20H26ClN3O3. The highest BCUT2D eigenvalue weighted by molar-refractivity contribution is 6.34. The molecule has 1 aliphatic rings. The fourth-order valence-corrected chi connectivity index (χ4v) is 3.72. The van der Waals surface area contributed by atoms with Crippen LogP contribution in [0.2, 0.25) is 5.02 Å². The van der Waals surface area contributed by atoms with E-state index in [-0.39, 0.29) is 19.1 Å². The molecular weight excluding hydrogens is 366 g/mol. The number of nitrogens with zero attached hydrogens (tertiary/aromatic N) is 1. The van der Waals surface area contributed by atoms with E-state index in [1.807, 2.05) is 6.07 Å². The number of aromatic amines is 1. The Morgan fingerprint density at radius 3 is 2.67 bits per heavy atom. The van der Waals surface area contributed by atoms with Crippen LogP contribution in [-0.4, -0.2) is 45.1 Å². The molecule has 4 N–H and O–H groups in total. The number of hydrogen-bond acceptors (Lipinski definition) is 4. The molecule has 1 fully saturated rings. The van der Waals surface area contributed by atoms with Gasteiger partial charge in [0.15, 0.2) is 0 Å². The zero-order valence-electron chi connectivity index (χ0n) is 15.3. The highest BCUT2D eigenvalue weighted by Gasteiger charge is 2.28. The molecule has 0 bridgehead atoms. The van der Waals surface area contributed by atoms with Crippen molar-refractivity contribution in [3.05, 3.63) is 40.5 Å². The normalized spacial score (nSPS) is 16.7. The first-order valence-electron chi connectivity index (χ1n) is 9.46. The molecule has 0 atom stereocenters. The average molecular weight is 392 g/mol. The number of carbonyl (C=O) groups excluding carboxylic acids is 1. The van der Waals surface area contributed by atoms with Crippen LogP contribution in [-0.2, 0) is 6.42 Å². The van der Waals surface area contributed by atoms with E-state index in [0.29, 0.717) is 35.5 Å². The molecule has 3 rings (SSSR count). The molecule has 0 spiro atoms. The Balaban J connectivity index is 1.72. The number of carbonyl (C=O) groups is 1. The molecule has 27 heavy (non-hydrogen) atoms. The SMILES string of the molecule is O=C(NCC1(O)CCCCCC1)c1cc(-c2cc(CCO)[nH]n2)ccc1Cl. The summed E-state index contributed by atoms with van der Waals surface area (Å²) in [4.78, 5) is 12.7. The lowest BCUT2D eigenvalue weighted by atomic mass is 9.94. The van der Waals surface area contributed by atoms with Crippen LogP contribution in [0, 0.1) is 0 Å². The smallest absolute Gasteiger partial charge is 0.252 e. The number of rotatable bonds is 6. The van der Waals surface area contributed by atoms with Gasteiger partial charge in [-0.1, -0.05) is 43.4 Å². The number of hydrogen-bond donors (Lipinski definition) is 4. The summed E-state index contributed by atoms with van der Waals surface area (Å²) < 4.78 is 0. The van der Waals surface area contributed by atoms with Crippen molar-refractivity contribution in [1.82, 2.24) is 15.5 Å². The second kappa shape index (κ2) is 8.87. The number of H-pyrrole nitrogens is 1. The molecule has 0 aliphatic heterocycles. The Morgan fingerprint density at radius 2 is 1.96 bits per heavy atom. The van der Waals surface area contributed by atoms with E-state index < -0.39 is 5.60 Å². The van der Waals surface area contributed by atoms with E-state index >= 15 is 0 Å². The van der Waals surface area contributed by atoms with Crippen molar-refractivity contribution in [3.63, 3.8) is 0 Å². The summed E-state index contributed by atoms with van der Waals surface area (Å²) in [6.45, 7) is 0.272. The van der Waals surface area contributed by atoms with E-state index in [4.69, 9.17) is 16.7 Å². The summed E-state index contributed by atoms with van der Waals surface area (Å²) in [5.41, 5.74) is 1.80. The maximum atomic E-state index is 12.7. The molecule has 1 aromatic heterocycles. The number of aliphatic hydroxyl groups is 2. The molecule has 1 heterocycles. The Labute approximate surface area is 163 Å². The summed E-state index contributed by atoms with van der Waals surface area (Å²) in [6.07, 6.45) is 6.14. The van der Waals surface area contributed by atoms with E-state index in [1.54, 1.807) is 18.2 Å². The Hall–Kier alpha value is -1.89. The van der Waals surface area contributed by atoms with Crippen LogP contribution in [0.25, 0.3) is 11.3 Å². The third-order valence-corrected chi connectivity index (χ3v) is 5.46. The lowest BCUT2D eigenvalue weighted by molar-refractivity contribution is 0.0246. The third-order valence-electron chi connectivity index (χ3n) is 5.13. The summed E-state index contributed by atoms with van der Waals surface area (Å²) in [6, 6.07) is 7.02. The van der Waals surface area contributed by atoms with Gasteiger partial charge in [-0.15, -0.1) is 0 Å². The molecule has 0 radical (unpaired) electrons. The molecule has 1 aromatic carbocycles. The van der Waals surface area contributed by atoms with Crippen molar-refractivity contribution in [3.8, 4) is 11.3 Å². The average Bonchev–Trinajstić information content (AvgIpc) is 3.01. The minimum absolute atomic E-state index is 0.0405. The van der Waals surface area contributed by atoms with Gasteiger partial charge in [-0.2, -0.15) is 5.10 Å². The number of halogens is 1. The number of amides is 1. The predicted octanol–water partition coefficient (Wildman–Crippen LogP) is 3.08. The maximum Gasteiger partial charge on any atom is 0.252 e. The third kappa shape index (κ3) is 5.09. The van der Waals surface area contributed by atoms with Gasteiger partial charge in [-0.05, 0) is 31.0 Å². The van der Waals surface area contributed by atoms with E-state index in [2.05, 4.69) is 15.5 Å². The fraction of sp³-hybridized carbons (Fsp3) is 0.500. The second-order valence-electron chi connectivity index (χ2n) is 7.27. The van der Waals surface area contributed by atoms with Crippen LogP contribution >= 0.6 is 11.6 Å². The predicted molar refractivity (Wildman–Crippen MR) is 105 cm³/mol. The molecule has 146 valence electrons. The second-order valence-corrected chi connectivity index (χ2v) is 7.68. The van der Waals surface area contributed by atoms with Crippen molar-refractivity contribution in [1.29, 1.82) is 0 Å². The zero-order valence-corrected chi connectivity index (χ0v) is 16.1. The van der Waals surface area contributed by atoms with Gasteiger partial charge in [0.05, 0.1) is 21.9 Å². The van der Waals surface area contributed by atoms with Gasteiger partial charge in [-0.25, -0.2) is 0 Å². The molecule has 1 aliphatic carbocycles. The molecule has 1 amide bonds. The van der Waals surface area contributed by atoms with Gasteiger partial charge < -0.3 is 15.5 Å². The largest absolute Gasteiger partial charge is 0.396 e. The van der Waals surface area contributed by atoms with Gasteiger partial charge in [0.1, 0.15) is 0 Å². The van der Waals surface area contributed by atoms with E-state index in [1.165, 1.54) is 0 Å². The zero-order chi connectivity index (χ0) is 19.3. The summed E-state index contributed by atoms with van der Waals surface area (Å²) in [5, 5.41) is 30.0. The summed E-state index contributed by atoms with van der Waals surface area (Å²) in [5.74, 6) is -0.300. The first-order chi connectivity index (χ1) is 13.0. The highest BCUT2D eigenvalue weighted by Crippen LogP contribution is 2.27. The Kier molecular flexibility index (Phi) is 6.52. The van der Waals surface area contributed by atoms with E-state index in [9.17, 15) is 9.90 Å². The quantitative estimate of drug-likeness (QED) is 0.569. The highest BCUT2D eigenvalue weighted by atomic mass is 35.5. The van der Waals surface area contributed by atoms with Crippen LogP contribution in [0.3, 0.4) is 0 Å². The van der Waals surface area contributed by atoms with Crippen molar-refractivity contribution in [2.24, 2.45) is 0 Å². The molecule has 0 saturated heterocycles. The van der Waals surface area contributed by atoms with Crippen molar-refractivity contribution in [2.45, 2.75) is 50.5 Å².